The fourth-order valence-corrected chi connectivity index (χ4v) is 5.66. The lowest BCUT2D eigenvalue weighted by Crippen LogP contribution is -2.53. The number of carbonyl (C=O) groups is 1. The molecule has 0 radical (unpaired) electrons. The second-order valence-corrected chi connectivity index (χ2v) is 10.8. The molecular formula is C29H40N2O3. The summed E-state index contributed by atoms with van der Waals surface area (Å²) in [5.74, 6) is 1.12. The van der Waals surface area contributed by atoms with Crippen molar-refractivity contribution in [3.63, 3.8) is 0 Å². The molecule has 1 aliphatic carbocycles. The number of primary amides is 1. The molecule has 5 rings (SSSR count). The largest absolute Gasteiger partial charge is 0.487 e. The van der Waals surface area contributed by atoms with E-state index in [1.807, 2.05) is 0 Å². The number of ether oxygens (including phenoxy) is 2. The first-order chi connectivity index (χ1) is 16.4. The first-order valence-corrected chi connectivity index (χ1v) is 12.7. The second-order valence-electron chi connectivity index (χ2n) is 10.8. The van der Waals surface area contributed by atoms with E-state index in [2.05, 4.69) is 66.9 Å². The summed E-state index contributed by atoms with van der Waals surface area (Å²) in [6, 6.07) is 16.6. The van der Waals surface area contributed by atoms with E-state index in [0.29, 0.717) is 0 Å². The average molecular weight is 465 g/mol. The summed E-state index contributed by atoms with van der Waals surface area (Å²) in [5, 5.41) is 0. The van der Waals surface area contributed by atoms with Crippen LogP contribution in [0.4, 0.5) is 0 Å². The van der Waals surface area contributed by atoms with E-state index in [1.165, 1.54) is 67.4 Å². The Morgan fingerprint density at radius 1 is 1.09 bits per heavy atom. The molecular weight excluding hydrogens is 424 g/mol. The normalized spacial score (nSPS) is 19.9. The minimum Gasteiger partial charge on any atom is -0.487 e. The van der Waals surface area contributed by atoms with Gasteiger partial charge in [-0.15, -0.1) is 0 Å². The third-order valence-electron chi connectivity index (χ3n) is 8.04. The summed E-state index contributed by atoms with van der Waals surface area (Å²) in [5.41, 5.74) is 9.51. The van der Waals surface area contributed by atoms with Gasteiger partial charge in [0, 0.05) is 31.7 Å². The lowest BCUT2D eigenvalue weighted by Gasteiger charge is -2.48. The maximum Gasteiger partial charge on any atom is 0.204 e. The van der Waals surface area contributed by atoms with Crippen LogP contribution in [0.2, 0.25) is 0 Å². The zero-order valence-electron chi connectivity index (χ0n) is 21.0. The molecule has 2 aromatic carbocycles. The van der Waals surface area contributed by atoms with E-state index in [9.17, 15) is 0 Å². The first kappa shape index (κ1) is 24.7. The van der Waals surface area contributed by atoms with Crippen LogP contribution < -0.4 is 10.5 Å². The van der Waals surface area contributed by atoms with Gasteiger partial charge in [-0.3, -0.25) is 4.79 Å². The molecule has 184 valence electrons. The molecule has 0 bridgehead atoms. The molecule has 34 heavy (non-hydrogen) atoms. The molecule has 2 aliphatic heterocycles. The number of amides is 1. The molecule has 5 heteroatoms. The topological polar surface area (TPSA) is 64.8 Å². The van der Waals surface area contributed by atoms with Crippen LogP contribution in [0.25, 0.3) is 11.1 Å². The molecule has 1 saturated carbocycles. The van der Waals surface area contributed by atoms with Crippen LogP contribution in [0.15, 0.2) is 42.5 Å². The maximum absolute atomic E-state index is 8.58. The van der Waals surface area contributed by atoms with E-state index in [4.69, 9.17) is 14.3 Å². The smallest absolute Gasteiger partial charge is 0.204 e. The number of nitrogens with two attached hydrogens (primary N) is 1. The van der Waals surface area contributed by atoms with Crippen molar-refractivity contribution in [1.29, 1.82) is 0 Å². The van der Waals surface area contributed by atoms with Crippen LogP contribution in [0.5, 0.6) is 5.75 Å². The number of methoxy groups -OCH3 is 1. The fraction of sp³-hybridized carbons (Fsp3) is 0.552. The molecule has 1 spiro atoms. The van der Waals surface area contributed by atoms with E-state index >= 15 is 0 Å². The van der Waals surface area contributed by atoms with Gasteiger partial charge in [-0.25, -0.2) is 0 Å². The number of carbonyl (C=O) groups excluding carboxylic acids is 1. The molecule has 0 aromatic heterocycles. The summed E-state index contributed by atoms with van der Waals surface area (Å²) >= 11 is 0. The van der Waals surface area contributed by atoms with E-state index in [1.54, 1.807) is 7.11 Å². The number of fused-ring (bicyclic) bond motifs is 1. The molecule has 2 heterocycles. The van der Waals surface area contributed by atoms with Crippen LogP contribution in [0, 0.1) is 0 Å². The minimum absolute atomic E-state index is 0.0273. The highest BCUT2D eigenvalue weighted by atomic mass is 16.5. The molecule has 0 unspecified atom stereocenters. The summed E-state index contributed by atoms with van der Waals surface area (Å²) in [6.45, 7) is 7.61. The number of hydrogen-bond acceptors (Lipinski definition) is 4. The third-order valence-corrected chi connectivity index (χ3v) is 8.04. The van der Waals surface area contributed by atoms with Gasteiger partial charge in [0.05, 0.1) is 6.61 Å². The van der Waals surface area contributed by atoms with Crippen molar-refractivity contribution in [3.05, 3.63) is 53.6 Å². The first-order valence-electron chi connectivity index (χ1n) is 12.7. The Morgan fingerprint density at radius 3 is 2.32 bits per heavy atom. The van der Waals surface area contributed by atoms with Gasteiger partial charge in [-0.2, -0.15) is 0 Å². The van der Waals surface area contributed by atoms with Crippen LogP contribution >= 0.6 is 0 Å². The number of piperidine rings is 1. The predicted molar refractivity (Wildman–Crippen MR) is 137 cm³/mol. The molecule has 1 saturated heterocycles. The zero-order chi connectivity index (χ0) is 24.2. The minimum atomic E-state index is 0.0273. The van der Waals surface area contributed by atoms with E-state index in [0.717, 1.165) is 31.2 Å². The standard InChI is InChI=1S/C28H37NO2.CH3NO/c1-27(2,20-30-3)24-10-7-21(8-11-24)22-9-12-26-23(19-22)13-14-28(31-26)15-17-29(18-16-28)25-5-4-6-25;2-1-3/h7-12,19,25H,4-6,13-18,20H2,1-3H3;1H,(H2,2,3). The highest BCUT2D eigenvalue weighted by Crippen LogP contribution is 2.42. The van der Waals surface area contributed by atoms with Crippen molar-refractivity contribution in [2.45, 2.75) is 75.9 Å². The number of nitrogens with zero attached hydrogens (tertiary/aromatic N) is 1. The van der Waals surface area contributed by atoms with Gasteiger partial charge in [-0.05, 0) is 72.9 Å². The highest BCUT2D eigenvalue weighted by molar-refractivity contribution is 5.66. The quantitative estimate of drug-likeness (QED) is 0.626. The average Bonchev–Trinajstić information content (AvgIpc) is 2.80. The van der Waals surface area contributed by atoms with Crippen LogP contribution in [-0.2, 0) is 21.4 Å². The third kappa shape index (κ3) is 5.31. The molecule has 3 aliphatic rings. The monoisotopic (exact) mass is 464 g/mol. The molecule has 2 N–H and O–H groups in total. The molecule has 5 nitrogen and oxygen atoms in total. The van der Waals surface area contributed by atoms with Crippen molar-refractivity contribution >= 4 is 6.41 Å². The van der Waals surface area contributed by atoms with Crippen molar-refractivity contribution in [1.82, 2.24) is 4.90 Å². The lowest BCUT2D eigenvalue weighted by atomic mass is 9.80. The van der Waals surface area contributed by atoms with Gasteiger partial charge >= 0.3 is 0 Å². The van der Waals surface area contributed by atoms with Crippen molar-refractivity contribution in [3.8, 4) is 16.9 Å². The van der Waals surface area contributed by atoms with Crippen molar-refractivity contribution < 1.29 is 14.3 Å². The fourth-order valence-electron chi connectivity index (χ4n) is 5.66. The summed E-state index contributed by atoms with van der Waals surface area (Å²) < 4.78 is 12.1. The summed E-state index contributed by atoms with van der Waals surface area (Å²) in [6.07, 6.45) is 9.14. The van der Waals surface area contributed by atoms with Crippen molar-refractivity contribution in [2.75, 3.05) is 26.8 Å². The van der Waals surface area contributed by atoms with Gasteiger partial charge in [0.25, 0.3) is 0 Å². The molecule has 1 amide bonds. The number of rotatable bonds is 5. The Balaban J connectivity index is 0.000000868. The maximum atomic E-state index is 8.58. The van der Waals surface area contributed by atoms with Crippen LogP contribution in [-0.4, -0.2) is 49.8 Å². The van der Waals surface area contributed by atoms with Gasteiger partial charge < -0.3 is 20.1 Å². The molecule has 0 atom stereocenters. The number of aryl methyl sites for hydroxylation is 1. The molecule has 2 aromatic rings. The van der Waals surface area contributed by atoms with Gasteiger partial charge in [0.15, 0.2) is 0 Å². The highest BCUT2D eigenvalue weighted by Gasteiger charge is 2.41. The van der Waals surface area contributed by atoms with Gasteiger partial charge in [0.1, 0.15) is 11.4 Å². The number of benzene rings is 2. The summed E-state index contributed by atoms with van der Waals surface area (Å²) in [7, 11) is 1.77. The van der Waals surface area contributed by atoms with Crippen LogP contribution in [0.1, 0.15) is 63.5 Å². The number of likely N-dealkylation sites (tertiary alicyclic amines) is 1. The van der Waals surface area contributed by atoms with E-state index in [-0.39, 0.29) is 17.4 Å². The van der Waals surface area contributed by atoms with Crippen molar-refractivity contribution in [2.24, 2.45) is 5.73 Å². The summed E-state index contributed by atoms with van der Waals surface area (Å²) in [4.78, 5) is 11.3. The Kier molecular flexibility index (Phi) is 7.63. The SMILES string of the molecule is COCC(C)(C)c1ccc(-c2ccc3c(c2)CCC2(CCN(C4CCC4)CC2)O3)cc1.NC=O. The Morgan fingerprint density at radius 2 is 1.74 bits per heavy atom. The second kappa shape index (κ2) is 10.5. The van der Waals surface area contributed by atoms with Crippen LogP contribution in [0.3, 0.4) is 0 Å². The molecule has 2 fully saturated rings. The Labute approximate surface area is 204 Å². The Hall–Kier alpha value is -2.37. The predicted octanol–water partition coefficient (Wildman–Crippen LogP) is 5.09. The number of hydrogen-bond donors (Lipinski definition) is 1. The Bertz CT molecular complexity index is 958. The van der Waals surface area contributed by atoms with E-state index < -0.39 is 0 Å². The lowest BCUT2D eigenvalue weighted by molar-refractivity contribution is -0.106. The zero-order valence-corrected chi connectivity index (χ0v) is 21.0. The van der Waals surface area contributed by atoms with Gasteiger partial charge in [0.2, 0.25) is 6.41 Å². The van der Waals surface area contributed by atoms with Gasteiger partial charge in [-0.1, -0.05) is 50.6 Å².